The minimum atomic E-state index is -0.288. The Morgan fingerprint density at radius 1 is 1.18 bits per heavy atom. The van der Waals surface area contributed by atoms with E-state index >= 15 is 0 Å². The molecular weight excluding hydrogens is 239 g/mol. The Bertz CT molecular complexity index is 567. The Morgan fingerprint density at radius 2 is 1.94 bits per heavy atom. The second kappa shape index (κ2) is 4.08. The Morgan fingerprint density at radius 3 is 2.65 bits per heavy atom. The van der Waals surface area contributed by atoms with Crippen molar-refractivity contribution >= 4 is 11.6 Å². The summed E-state index contributed by atoms with van der Waals surface area (Å²) in [5, 5.41) is 0.375. The molecule has 0 bridgehead atoms. The average Bonchev–Trinajstić information content (AvgIpc) is 3.12. The lowest BCUT2D eigenvalue weighted by molar-refractivity contribution is 0.630. The SMILES string of the molecule is Fc1ccccc1-c1cc(Cl)nc(C2CC2)n1. The first-order valence-corrected chi connectivity index (χ1v) is 5.91. The van der Waals surface area contributed by atoms with Crippen LogP contribution in [0.25, 0.3) is 11.3 Å². The number of rotatable bonds is 2. The summed E-state index contributed by atoms with van der Waals surface area (Å²) in [7, 11) is 0. The van der Waals surface area contributed by atoms with E-state index in [2.05, 4.69) is 9.97 Å². The normalized spacial score (nSPS) is 14.9. The summed E-state index contributed by atoms with van der Waals surface area (Å²) < 4.78 is 13.7. The van der Waals surface area contributed by atoms with Gasteiger partial charge in [-0.05, 0) is 25.0 Å². The monoisotopic (exact) mass is 248 g/mol. The van der Waals surface area contributed by atoms with E-state index in [-0.39, 0.29) is 5.82 Å². The maximum absolute atomic E-state index is 13.7. The third kappa shape index (κ3) is 2.15. The van der Waals surface area contributed by atoms with Crippen LogP contribution in [0.3, 0.4) is 0 Å². The highest BCUT2D eigenvalue weighted by Crippen LogP contribution is 2.39. The van der Waals surface area contributed by atoms with Gasteiger partial charge in [-0.3, -0.25) is 0 Å². The summed E-state index contributed by atoms with van der Waals surface area (Å²) in [5.41, 5.74) is 1.03. The minimum Gasteiger partial charge on any atom is -0.232 e. The fourth-order valence-corrected chi connectivity index (χ4v) is 1.96. The molecular formula is C13H10ClFN2. The summed E-state index contributed by atoms with van der Waals surface area (Å²) >= 11 is 5.95. The molecule has 1 heterocycles. The molecule has 0 atom stereocenters. The van der Waals surface area contributed by atoms with Crippen LogP contribution in [-0.4, -0.2) is 9.97 Å². The largest absolute Gasteiger partial charge is 0.232 e. The minimum absolute atomic E-state index is 0.288. The summed E-state index contributed by atoms with van der Waals surface area (Å²) in [5.74, 6) is 0.846. The van der Waals surface area contributed by atoms with Gasteiger partial charge in [-0.2, -0.15) is 0 Å². The standard InChI is InChI=1S/C13H10ClFN2/c14-12-7-11(9-3-1-2-4-10(9)15)16-13(17-12)8-5-6-8/h1-4,7-8H,5-6H2. The van der Waals surface area contributed by atoms with Crippen LogP contribution in [0, 0.1) is 5.82 Å². The molecule has 0 unspecified atom stereocenters. The zero-order valence-electron chi connectivity index (χ0n) is 9.03. The Hall–Kier alpha value is -1.48. The summed E-state index contributed by atoms with van der Waals surface area (Å²) in [6.45, 7) is 0. The maximum atomic E-state index is 13.7. The Balaban J connectivity index is 2.11. The molecule has 4 heteroatoms. The van der Waals surface area contributed by atoms with Crippen LogP contribution in [0.2, 0.25) is 5.15 Å². The van der Waals surface area contributed by atoms with Gasteiger partial charge >= 0.3 is 0 Å². The van der Waals surface area contributed by atoms with Crippen LogP contribution in [-0.2, 0) is 0 Å². The smallest absolute Gasteiger partial charge is 0.133 e. The molecule has 2 nitrogen and oxygen atoms in total. The molecule has 1 aliphatic carbocycles. The molecule has 0 N–H and O–H groups in total. The number of hydrogen-bond donors (Lipinski definition) is 0. The second-order valence-corrected chi connectivity index (χ2v) is 4.58. The van der Waals surface area contributed by atoms with Crippen LogP contribution in [0.4, 0.5) is 4.39 Å². The molecule has 3 rings (SSSR count). The van der Waals surface area contributed by atoms with E-state index in [1.54, 1.807) is 24.3 Å². The van der Waals surface area contributed by atoms with Crippen molar-refractivity contribution in [3.8, 4) is 11.3 Å². The molecule has 2 aromatic rings. The van der Waals surface area contributed by atoms with Crippen molar-refractivity contribution in [1.29, 1.82) is 0 Å². The van der Waals surface area contributed by atoms with E-state index in [1.807, 2.05) is 0 Å². The van der Waals surface area contributed by atoms with E-state index < -0.39 is 0 Å². The molecule has 0 amide bonds. The molecule has 0 saturated heterocycles. The van der Waals surface area contributed by atoms with Gasteiger partial charge in [0.25, 0.3) is 0 Å². The number of halogens is 2. The maximum Gasteiger partial charge on any atom is 0.133 e. The number of benzene rings is 1. The zero-order chi connectivity index (χ0) is 11.8. The van der Waals surface area contributed by atoms with Crippen molar-refractivity contribution in [3.63, 3.8) is 0 Å². The van der Waals surface area contributed by atoms with Crippen LogP contribution in [0.15, 0.2) is 30.3 Å². The predicted molar refractivity (Wildman–Crippen MR) is 64.4 cm³/mol. The molecule has 17 heavy (non-hydrogen) atoms. The highest BCUT2D eigenvalue weighted by molar-refractivity contribution is 6.29. The first kappa shape index (κ1) is 10.7. The van der Waals surface area contributed by atoms with Gasteiger partial charge in [-0.25, -0.2) is 14.4 Å². The molecule has 1 aromatic heterocycles. The lowest BCUT2D eigenvalue weighted by Gasteiger charge is -2.05. The van der Waals surface area contributed by atoms with Gasteiger partial charge in [0.2, 0.25) is 0 Å². The van der Waals surface area contributed by atoms with Gasteiger partial charge in [0.05, 0.1) is 5.69 Å². The van der Waals surface area contributed by atoms with E-state index in [0.29, 0.717) is 22.3 Å². The van der Waals surface area contributed by atoms with Crippen molar-refractivity contribution in [3.05, 3.63) is 47.1 Å². The molecule has 1 fully saturated rings. The van der Waals surface area contributed by atoms with E-state index in [0.717, 1.165) is 18.7 Å². The van der Waals surface area contributed by atoms with Crippen molar-refractivity contribution in [2.24, 2.45) is 0 Å². The Kier molecular flexibility index (Phi) is 2.56. The van der Waals surface area contributed by atoms with Crippen LogP contribution >= 0.6 is 11.6 Å². The zero-order valence-corrected chi connectivity index (χ0v) is 9.78. The molecule has 0 aliphatic heterocycles. The molecule has 0 spiro atoms. The van der Waals surface area contributed by atoms with Crippen molar-refractivity contribution in [2.75, 3.05) is 0 Å². The molecule has 0 radical (unpaired) electrons. The lowest BCUT2D eigenvalue weighted by atomic mass is 10.1. The van der Waals surface area contributed by atoms with Gasteiger partial charge in [0.15, 0.2) is 0 Å². The van der Waals surface area contributed by atoms with E-state index in [9.17, 15) is 4.39 Å². The van der Waals surface area contributed by atoms with Crippen molar-refractivity contribution in [1.82, 2.24) is 9.97 Å². The highest BCUT2D eigenvalue weighted by atomic mass is 35.5. The van der Waals surface area contributed by atoms with Gasteiger partial charge in [0.1, 0.15) is 16.8 Å². The number of aromatic nitrogens is 2. The third-order valence-corrected chi connectivity index (χ3v) is 3.00. The van der Waals surface area contributed by atoms with E-state index in [1.165, 1.54) is 6.07 Å². The van der Waals surface area contributed by atoms with Crippen LogP contribution in [0.1, 0.15) is 24.6 Å². The third-order valence-electron chi connectivity index (χ3n) is 2.80. The van der Waals surface area contributed by atoms with Gasteiger partial charge in [-0.1, -0.05) is 23.7 Å². The topological polar surface area (TPSA) is 25.8 Å². The molecule has 1 aliphatic rings. The van der Waals surface area contributed by atoms with Gasteiger partial charge in [0, 0.05) is 17.5 Å². The molecule has 1 saturated carbocycles. The van der Waals surface area contributed by atoms with Gasteiger partial charge < -0.3 is 0 Å². The number of nitrogens with zero attached hydrogens (tertiary/aromatic N) is 2. The Labute approximate surface area is 103 Å². The quantitative estimate of drug-likeness (QED) is 0.755. The van der Waals surface area contributed by atoms with Crippen molar-refractivity contribution in [2.45, 2.75) is 18.8 Å². The molecule has 1 aromatic carbocycles. The fourth-order valence-electron chi connectivity index (χ4n) is 1.77. The predicted octanol–water partition coefficient (Wildman–Crippen LogP) is 3.81. The fraction of sp³-hybridized carbons (Fsp3) is 0.231. The second-order valence-electron chi connectivity index (χ2n) is 4.19. The van der Waals surface area contributed by atoms with Crippen LogP contribution in [0.5, 0.6) is 0 Å². The first-order chi connectivity index (χ1) is 8.24. The average molecular weight is 249 g/mol. The summed E-state index contributed by atoms with van der Waals surface area (Å²) in [6, 6.07) is 8.16. The van der Waals surface area contributed by atoms with Crippen molar-refractivity contribution < 1.29 is 4.39 Å². The van der Waals surface area contributed by atoms with Crippen LogP contribution < -0.4 is 0 Å². The van der Waals surface area contributed by atoms with Gasteiger partial charge in [-0.15, -0.1) is 0 Å². The molecule has 86 valence electrons. The highest BCUT2D eigenvalue weighted by Gasteiger charge is 2.27. The lowest BCUT2D eigenvalue weighted by Crippen LogP contribution is -1.96. The summed E-state index contributed by atoms with van der Waals surface area (Å²) in [4.78, 5) is 8.57. The summed E-state index contributed by atoms with van der Waals surface area (Å²) in [6.07, 6.45) is 2.19. The van der Waals surface area contributed by atoms with E-state index in [4.69, 9.17) is 11.6 Å². The number of hydrogen-bond acceptors (Lipinski definition) is 2. The first-order valence-electron chi connectivity index (χ1n) is 5.53.